The van der Waals surface area contributed by atoms with Crippen LogP contribution in [-0.4, -0.2) is 93.2 Å². The van der Waals surface area contributed by atoms with Gasteiger partial charge in [-0.15, -0.1) is 11.8 Å². The predicted molar refractivity (Wildman–Crippen MR) is 218 cm³/mol. The summed E-state index contributed by atoms with van der Waals surface area (Å²) in [6.07, 6.45) is 2.81. The lowest BCUT2D eigenvalue weighted by Crippen LogP contribution is -2.57. The van der Waals surface area contributed by atoms with Gasteiger partial charge in [0.1, 0.15) is 30.0 Å². The highest BCUT2D eigenvalue weighted by molar-refractivity contribution is 8.14. The van der Waals surface area contributed by atoms with Gasteiger partial charge < -0.3 is 25.4 Å². The number of aliphatic imine (C=N–C) groups is 1. The number of nitrogens with zero attached hydrogens (tertiary/aromatic N) is 2. The molecule has 0 radical (unpaired) electrons. The molecule has 1 fully saturated rings. The Bertz CT molecular complexity index is 1540. The third kappa shape index (κ3) is 12.4. The van der Waals surface area contributed by atoms with Crippen LogP contribution in [0.2, 0.25) is 0 Å². The molecule has 11 nitrogen and oxygen atoms in total. The second-order valence-electron chi connectivity index (χ2n) is 17.6. The lowest BCUT2D eigenvalue weighted by Gasteiger charge is -2.36. The minimum absolute atomic E-state index is 0.0213. The quantitative estimate of drug-likeness (QED) is 0.323. The Morgan fingerprint density at radius 3 is 2.35 bits per heavy atom. The largest absolute Gasteiger partial charge is 0.460 e. The summed E-state index contributed by atoms with van der Waals surface area (Å²) in [6.45, 7) is 17.9. The van der Waals surface area contributed by atoms with Crippen molar-refractivity contribution in [3.05, 3.63) is 35.4 Å². The number of aryl methyl sites for hydroxylation is 1. The number of thioether (sulfide) groups is 1. The number of fused-ring (bicyclic) bond motifs is 2. The molecule has 3 amide bonds. The van der Waals surface area contributed by atoms with Gasteiger partial charge in [-0.05, 0) is 75.2 Å². The number of carbonyl (C=O) groups excluding carboxylic acids is 5. The molecule has 12 heteroatoms. The maximum absolute atomic E-state index is 14.2. The zero-order valence-corrected chi connectivity index (χ0v) is 35.4. The Kier molecular flexibility index (Phi) is 16.0. The van der Waals surface area contributed by atoms with Crippen LogP contribution >= 0.6 is 11.8 Å². The first-order chi connectivity index (χ1) is 25.9. The second kappa shape index (κ2) is 19.7. The van der Waals surface area contributed by atoms with Crippen LogP contribution in [-0.2, 0) is 35.1 Å². The van der Waals surface area contributed by atoms with Gasteiger partial charge in [0.25, 0.3) is 0 Å². The molecule has 1 aromatic carbocycles. The smallest absolute Gasteiger partial charge is 0.329 e. The average Bonchev–Trinajstić information content (AvgIpc) is 3.82. The van der Waals surface area contributed by atoms with Crippen LogP contribution in [0, 0.1) is 36.0 Å². The molecule has 0 saturated carbocycles. The fourth-order valence-electron chi connectivity index (χ4n) is 7.66. The van der Waals surface area contributed by atoms with Crippen molar-refractivity contribution in [1.82, 2.24) is 15.5 Å². The van der Waals surface area contributed by atoms with Crippen molar-refractivity contribution in [2.24, 2.45) is 34.1 Å². The summed E-state index contributed by atoms with van der Waals surface area (Å²) < 4.78 is 6.24. The SMILES string of the molecule is CC[C@H](C)[C@@H]1NC(=O)[C@H](C)NC(=O)[C@H](Cc2ccc(C)cc2)CC(=O)CC[C@H]2CSC(=N2)[C@@H](C)[C@@H](O)C[C@H](C)C[C@@H](C(C)(C)C)OC(=O)[C@@H]2CCCN2C1=O. The van der Waals surface area contributed by atoms with Gasteiger partial charge in [0.15, 0.2) is 0 Å². The summed E-state index contributed by atoms with van der Waals surface area (Å²) in [5, 5.41) is 18.0. The molecule has 0 unspecified atom stereocenters. The highest BCUT2D eigenvalue weighted by atomic mass is 32.2. The number of aliphatic hydroxyl groups excluding tert-OH is 1. The van der Waals surface area contributed by atoms with E-state index in [0.717, 1.165) is 21.9 Å². The molecule has 3 aliphatic rings. The maximum atomic E-state index is 14.2. The monoisotopic (exact) mass is 782 g/mol. The van der Waals surface area contributed by atoms with Crippen LogP contribution in [0.5, 0.6) is 0 Å². The zero-order valence-electron chi connectivity index (χ0n) is 34.6. The standard InChI is InChI=1S/C43H66N4O7S/c1-10-27(4)37-41(52)47-19-11-12-34(47)42(53)54-36(43(7,8)9)21-26(3)20-35(49)28(5)40-45-32(24-55-40)17-18-33(48)23-31(22-30-15-13-25(2)14-16-30)39(51)44-29(6)38(50)46-37/h13-16,26-29,31-32,34-37,49H,10-12,17-24H2,1-9H3,(H,44,51)(H,46,50)/t26-,27-,28-,29-,31+,32-,34-,35-,36-,37-/m0/s1. The van der Waals surface area contributed by atoms with Crippen molar-refractivity contribution < 1.29 is 33.8 Å². The van der Waals surface area contributed by atoms with Crippen LogP contribution in [0.1, 0.15) is 118 Å². The van der Waals surface area contributed by atoms with Gasteiger partial charge in [-0.3, -0.25) is 24.2 Å². The summed E-state index contributed by atoms with van der Waals surface area (Å²) >= 11 is 1.62. The molecule has 306 valence electrons. The van der Waals surface area contributed by atoms with Gasteiger partial charge in [0, 0.05) is 37.0 Å². The number of hydrogen-bond donors (Lipinski definition) is 3. The fourth-order valence-corrected chi connectivity index (χ4v) is 8.90. The third-order valence-corrected chi connectivity index (χ3v) is 13.0. The van der Waals surface area contributed by atoms with Gasteiger partial charge in [-0.25, -0.2) is 4.79 Å². The van der Waals surface area contributed by atoms with E-state index < -0.39 is 54.0 Å². The number of benzene rings is 1. The van der Waals surface area contributed by atoms with Crippen molar-refractivity contribution in [2.75, 3.05) is 12.3 Å². The van der Waals surface area contributed by atoms with E-state index in [4.69, 9.17) is 9.73 Å². The highest BCUT2D eigenvalue weighted by Gasteiger charge is 2.42. The first-order valence-corrected chi connectivity index (χ1v) is 21.4. The topological polar surface area (TPSA) is 154 Å². The molecule has 10 atom stereocenters. The molecule has 55 heavy (non-hydrogen) atoms. The van der Waals surface area contributed by atoms with Crippen LogP contribution in [0.4, 0.5) is 0 Å². The second-order valence-corrected chi connectivity index (χ2v) is 18.7. The number of ketones is 1. The zero-order chi connectivity index (χ0) is 40.6. The van der Waals surface area contributed by atoms with E-state index in [2.05, 4.69) is 17.6 Å². The molecule has 3 heterocycles. The molecule has 0 aromatic heterocycles. The van der Waals surface area contributed by atoms with E-state index in [1.54, 1.807) is 23.6 Å². The van der Waals surface area contributed by atoms with Gasteiger partial charge in [-0.1, -0.05) is 84.7 Å². The lowest BCUT2D eigenvalue weighted by atomic mass is 9.81. The Labute approximate surface area is 333 Å². The fraction of sp³-hybridized carbons (Fsp3) is 0.721. The van der Waals surface area contributed by atoms with Crippen LogP contribution in [0.15, 0.2) is 29.3 Å². The number of nitrogens with one attached hydrogen (secondary N) is 2. The van der Waals surface area contributed by atoms with Gasteiger partial charge in [0.2, 0.25) is 17.7 Å². The average molecular weight is 783 g/mol. The predicted octanol–water partition coefficient (Wildman–Crippen LogP) is 5.82. The molecule has 0 aliphatic carbocycles. The van der Waals surface area contributed by atoms with Gasteiger partial charge in [-0.2, -0.15) is 0 Å². The maximum Gasteiger partial charge on any atom is 0.329 e. The molecule has 3 aliphatic heterocycles. The number of carbonyl (C=O) groups is 5. The number of Topliss-reactive ketones (excluding diaryl/α,β-unsaturated/α-hetero) is 1. The minimum atomic E-state index is -0.980. The number of rotatable bonds is 4. The Balaban J connectivity index is 1.63. The number of ether oxygens (including phenoxy) is 1. The van der Waals surface area contributed by atoms with E-state index in [1.165, 1.54) is 0 Å². The van der Waals surface area contributed by atoms with Gasteiger partial charge in [0.05, 0.1) is 17.2 Å². The van der Waals surface area contributed by atoms with Crippen molar-refractivity contribution >= 4 is 46.3 Å². The summed E-state index contributed by atoms with van der Waals surface area (Å²) in [6, 6.07) is 5.11. The molecule has 1 saturated heterocycles. The Hall–Kier alpha value is -3.25. The lowest BCUT2D eigenvalue weighted by molar-refractivity contribution is -0.164. The first kappa shape index (κ1) is 44.5. The van der Waals surface area contributed by atoms with E-state index in [1.807, 2.05) is 72.7 Å². The van der Waals surface area contributed by atoms with Crippen LogP contribution in [0.25, 0.3) is 0 Å². The molecule has 4 rings (SSSR count). The molecule has 3 N–H and O–H groups in total. The van der Waals surface area contributed by atoms with E-state index in [0.29, 0.717) is 51.5 Å². The summed E-state index contributed by atoms with van der Waals surface area (Å²) in [7, 11) is 0. The number of aliphatic hydroxyl groups is 1. The van der Waals surface area contributed by atoms with Crippen molar-refractivity contribution in [3.8, 4) is 0 Å². The Morgan fingerprint density at radius 2 is 1.69 bits per heavy atom. The molecule has 2 bridgehead atoms. The highest BCUT2D eigenvalue weighted by Crippen LogP contribution is 2.34. The van der Waals surface area contributed by atoms with Crippen molar-refractivity contribution in [2.45, 2.75) is 156 Å². The first-order valence-electron chi connectivity index (χ1n) is 20.4. The van der Waals surface area contributed by atoms with E-state index in [9.17, 15) is 29.1 Å². The number of hydrogen-bond acceptors (Lipinski definition) is 9. The number of amides is 3. The van der Waals surface area contributed by atoms with Crippen LogP contribution in [0.3, 0.4) is 0 Å². The van der Waals surface area contributed by atoms with E-state index in [-0.39, 0.29) is 53.7 Å². The van der Waals surface area contributed by atoms with Crippen LogP contribution < -0.4 is 10.6 Å². The minimum Gasteiger partial charge on any atom is -0.460 e. The third-order valence-electron chi connectivity index (χ3n) is 11.7. The van der Waals surface area contributed by atoms with E-state index >= 15 is 0 Å². The number of cyclic esters (lactones) is 1. The summed E-state index contributed by atoms with van der Waals surface area (Å²) in [5.74, 6) is -2.13. The van der Waals surface area contributed by atoms with Gasteiger partial charge >= 0.3 is 5.97 Å². The molecular weight excluding hydrogens is 717 g/mol. The van der Waals surface area contributed by atoms with Crippen molar-refractivity contribution in [1.29, 1.82) is 0 Å². The number of esters is 1. The normalized spacial score (nSPS) is 32.0. The summed E-state index contributed by atoms with van der Waals surface area (Å²) in [5.41, 5.74) is 1.61. The van der Waals surface area contributed by atoms with Crippen molar-refractivity contribution in [3.63, 3.8) is 0 Å². The Morgan fingerprint density at radius 1 is 1.00 bits per heavy atom. The molecule has 0 spiro atoms. The summed E-state index contributed by atoms with van der Waals surface area (Å²) in [4.78, 5) is 75.6. The molecular formula is C43H66N4O7S. The molecule has 1 aromatic rings.